The Kier molecular flexibility index (Phi) is 5.49. The second-order valence-corrected chi connectivity index (χ2v) is 8.61. The number of ether oxygens (including phenoxy) is 1. The molecule has 0 atom stereocenters. The van der Waals surface area contributed by atoms with Crippen molar-refractivity contribution in [1.82, 2.24) is 4.98 Å². The van der Waals surface area contributed by atoms with Crippen molar-refractivity contribution < 1.29 is 13.9 Å². The molecule has 0 aliphatic carbocycles. The van der Waals surface area contributed by atoms with Gasteiger partial charge >= 0.3 is 6.03 Å². The highest BCUT2D eigenvalue weighted by Crippen LogP contribution is 2.27. The van der Waals surface area contributed by atoms with Gasteiger partial charge in [0.2, 0.25) is 5.43 Å². The summed E-state index contributed by atoms with van der Waals surface area (Å²) in [4.78, 5) is 30.4. The molecule has 0 radical (unpaired) electrons. The molecule has 5 aromatic rings. The van der Waals surface area contributed by atoms with Crippen molar-refractivity contribution in [2.75, 3.05) is 23.5 Å². The minimum atomic E-state index is -0.458. The summed E-state index contributed by atoms with van der Waals surface area (Å²) in [5.74, 6) is 0.819. The van der Waals surface area contributed by atoms with E-state index in [4.69, 9.17) is 14.9 Å². The number of carbonyl (C=O) groups is 1. The van der Waals surface area contributed by atoms with Crippen molar-refractivity contribution in [2.24, 2.45) is 0 Å². The third kappa shape index (κ3) is 4.21. The maximum atomic E-state index is 13.0. The number of fused-ring (bicyclic) bond motifs is 3. The van der Waals surface area contributed by atoms with Crippen LogP contribution in [0.5, 0.6) is 5.75 Å². The number of nitrogens with zero attached hydrogens (tertiary/aromatic N) is 1. The first-order valence-electron chi connectivity index (χ1n) is 11.1. The molecular weight excluding hydrogens is 444 g/mol. The lowest BCUT2D eigenvalue weighted by Gasteiger charge is -2.12. The molecular formula is C27H24N4O4. The summed E-state index contributed by atoms with van der Waals surface area (Å²) < 4.78 is 11.1. The number of hydrogen-bond donors (Lipinski definition) is 3. The topological polar surface area (TPSA) is 119 Å². The Morgan fingerprint density at radius 2 is 1.54 bits per heavy atom. The number of benzene rings is 3. The van der Waals surface area contributed by atoms with Gasteiger partial charge in [-0.1, -0.05) is 13.8 Å². The Labute approximate surface area is 200 Å². The molecule has 8 heteroatoms. The summed E-state index contributed by atoms with van der Waals surface area (Å²) in [5, 5.41) is 7.09. The number of methoxy groups -OCH3 is 1. The van der Waals surface area contributed by atoms with Crippen molar-refractivity contribution >= 4 is 55.9 Å². The fraction of sp³-hybridized carbons (Fsp3) is 0.148. The van der Waals surface area contributed by atoms with Crippen LogP contribution in [0.1, 0.15) is 25.5 Å². The SMILES string of the molecule is COc1ccc2oc3ccc(NC(=O)Nc4ccc5nc(C(C)C)cc(N)c5c4)cc3c(=O)c2c1. The average molecular weight is 469 g/mol. The third-order valence-corrected chi connectivity index (χ3v) is 5.84. The van der Waals surface area contributed by atoms with Crippen LogP contribution in [0.25, 0.3) is 32.8 Å². The normalized spacial score (nSPS) is 11.3. The minimum absolute atomic E-state index is 0.206. The van der Waals surface area contributed by atoms with Crippen LogP contribution >= 0.6 is 0 Å². The minimum Gasteiger partial charge on any atom is -0.497 e. The number of nitrogens with one attached hydrogen (secondary N) is 2. The molecule has 2 amide bonds. The highest BCUT2D eigenvalue weighted by Gasteiger charge is 2.12. The van der Waals surface area contributed by atoms with E-state index in [1.165, 1.54) is 7.11 Å². The Bertz CT molecular complexity index is 1670. The van der Waals surface area contributed by atoms with Crippen molar-refractivity contribution in [1.29, 1.82) is 0 Å². The van der Waals surface area contributed by atoms with Crippen LogP contribution in [-0.4, -0.2) is 18.1 Å². The molecule has 0 aliphatic rings. The summed E-state index contributed by atoms with van der Waals surface area (Å²) in [6.07, 6.45) is 0. The number of nitrogens with two attached hydrogens (primary N) is 1. The van der Waals surface area contributed by atoms with E-state index in [0.29, 0.717) is 44.8 Å². The number of nitrogen functional groups attached to an aromatic ring is 1. The lowest BCUT2D eigenvalue weighted by Crippen LogP contribution is -2.19. The largest absolute Gasteiger partial charge is 0.497 e. The molecule has 0 spiro atoms. The first-order valence-corrected chi connectivity index (χ1v) is 11.1. The quantitative estimate of drug-likeness (QED) is 0.285. The number of aromatic nitrogens is 1. The second-order valence-electron chi connectivity index (χ2n) is 8.61. The van der Waals surface area contributed by atoms with Crippen LogP contribution in [0.2, 0.25) is 0 Å². The van der Waals surface area contributed by atoms with Gasteiger partial charge in [-0.15, -0.1) is 0 Å². The van der Waals surface area contributed by atoms with Gasteiger partial charge in [0.15, 0.2) is 0 Å². The van der Waals surface area contributed by atoms with E-state index in [2.05, 4.69) is 29.5 Å². The van der Waals surface area contributed by atoms with E-state index in [-0.39, 0.29) is 11.3 Å². The fourth-order valence-corrected chi connectivity index (χ4v) is 3.98. The van der Waals surface area contributed by atoms with Crippen LogP contribution in [0.4, 0.5) is 21.9 Å². The van der Waals surface area contributed by atoms with E-state index in [1.54, 1.807) is 48.5 Å². The van der Waals surface area contributed by atoms with Gasteiger partial charge in [0.1, 0.15) is 16.9 Å². The summed E-state index contributed by atoms with van der Waals surface area (Å²) in [6.45, 7) is 4.12. The molecule has 0 saturated carbocycles. The molecule has 4 N–H and O–H groups in total. The number of amides is 2. The summed E-state index contributed by atoms with van der Waals surface area (Å²) >= 11 is 0. The van der Waals surface area contributed by atoms with Gasteiger partial charge in [-0.3, -0.25) is 9.78 Å². The van der Waals surface area contributed by atoms with Crippen LogP contribution in [0, 0.1) is 0 Å². The summed E-state index contributed by atoms with van der Waals surface area (Å²) in [6, 6.07) is 16.8. The van der Waals surface area contributed by atoms with Crippen LogP contribution < -0.4 is 26.5 Å². The lowest BCUT2D eigenvalue weighted by molar-refractivity contribution is 0.262. The highest BCUT2D eigenvalue weighted by molar-refractivity contribution is 6.03. The molecule has 176 valence electrons. The molecule has 2 heterocycles. The van der Waals surface area contributed by atoms with Gasteiger partial charge in [0, 0.05) is 28.1 Å². The predicted octanol–water partition coefficient (Wildman–Crippen LogP) is 5.85. The smallest absolute Gasteiger partial charge is 0.323 e. The molecule has 0 unspecified atom stereocenters. The van der Waals surface area contributed by atoms with E-state index in [9.17, 15) is 9.59 Å². The zero-order valence-electron chi connectivity index (χ0n) is 19.5. The van der Waals surface area contributed by atoms with Crippen molar-refractivity contribution in [3.8, 4) is 5.75 Å². The van der Waals surface area contributed by atoms with E-state index in [1.807, 2.05) is 12.1 Å². The van der Waals surface area contributed by atoms with Crippen LogP contribution in [0.15, 0.2) is 69.9 Å². The van der Waals surface area contributed by atoms with Gasteiger partial charge in [0.05, 0.1) is 23.4 Å². The highest BCUT2D eigenvalue weighted by atomic mass is 16.5. The number of urea groups is 1. The van der Waals surface area contributed by atoms with Gasteiger partial charge in [-0.2, -0.15) is 0 Å². The van der Waals surface area contributed by atoms with E-state index >= 15 is 0 Å². The maximum Gasteiger partial charge on any atom is 0.323 e. The monoisotopic (exact) mass is 468 g/mol. The Balaban J connectivity index is 1.41. The third-order valence-electron chi connectivity index (χ3n) is 5.84. The Hall–Kier alpha value is -4.59. The Morgan fingerprint density at radius 3 is 2.23 bits per heavy atom. The molecule has 0 bridgehead atoms. The zero-order valence-corrected chi connectivity index (χ0v) is 19.5. The molecule has 0 fully saturated rings. The molecule has 8 nitrogen and oxygen atoms in total. The van der Waals surface area contributed by atoms with Crippen LogP contribution in [0.3, 0.4) is 0 Å². The van der Waals surface area contributed by atoms with Gasteiger partial charge in [-0.05, 0) is 66.6 Å². The fourth-order valence-electron chi connectivity index (χ4n) is 3.98. The zero-order chi connectivity index (χ0) is 24.7. The Morgan fingerprint density at radius 1 is 0.914 bits per heavy atom. The van der Waals surface area contributed by atoms with Crippen LogP contribution in [-0.2, 0) is 0 Å². The lowest BCUT2D eigenvalue weighted by atomic mass is 10.1. The average Bonchev–Trinajstić information content (AvgIpc) is 2.84. The maximum absolute atomic E-state index is 13.0. The summed E-state index contributed by atoms with van der Waals surface area (Å²) in [7, 11) is 1.54. The second kappa shape index (κ2) is 8.64. The van der Waals surface area contributed by atoms with E-state index < -0.39 is 6.03 Å². The predicted molar refractivity (Wildman–Crippen MR) is 139 cm³/mol. The molecule has 2 aromatic heterocycles. The molecule has 0 saturated heterocycles. The number of hydrogen-bond acceptors (Lipinski definition) is 6. The summed E-state index contributed by atoms with van der Waals surface area (Å²) in [5.41, 5.74) is 10.2. The number of anilines is 3. The van der Waals surface area contributed by atoms with Crippen molar-refractivity contribution in [3.63, 3.8) is 0 Å². The van der Waals surface area contributed by atoms with Crippen molar-refractivity contribution in [2.45, 2.75) is 19.8 Å². The molecule has 5 rings (SSSR count). The van der Waals surface area contributed by atoms with Gasteiger partial charge in [0.25, 0.3) is 0 Å². The van der Waals surface area contributed by atoms with Gasteiger partial charge in [-0.25, -0.2) is 4.79 Å². The van der Waals surface area contributed by atoms with Crippen molar-refractivity contribution in [3.05, 3.63) is 76.6 Å². The first kappa shape index (κ1) is 22.2. The number of rotatable bonds is 4. The molecule has 35 heavy (non-hydrogen) atoms. The standard InChI is InChI=1S/C27H24N4O4/c1-14(2)23-13-21(28)18-10-15(4-7-22(18)31-23)29-27(33)30-16-5-8-24-19(11-16)26(32)20-12-17(34-3)6-9-25(20)35-24/h4-14H,1-3H3,(H2,28,31)(H2,29,30,33). The van der Waals surface area contributed by atoms with Gasteiger partial charge < -0.3 is 25.5 Å². The number of carbonyl (C=O) groups excluding carboxylic acids is 1. The van der Waals surface area contributed by atoms with E-state index in [0.717, 1.165) is 16.6 Å². The molecule has 0 aliphatic heterocycles. The first-order chi connectivity index (χ1) is 16.8. The molecule has 3 aromatic carbocycles. The number of pyridine rings is 1.